The number of amides is 1. The van der Waals surface area contributed by atoms with Crippen LogP contribution in [0.15, 0.2) is 58.5 Å². The average molecular weight is 415 g/mol. The van der Waals surface area contributed by atoms with Gasteiger partial charge in [0.25, 0.3) is 5.56 Å². The topological polar surface area (TPSA) is 90.0 Å². The van der Waals surface area contributed by atoms with E-state index in [1.54, 1.807) is 28.8 Å². The second kappa shape index (κ2) is 8.50. The van der Waals surface area contributed by atoms with Crippen molar-refractivity contribution in [2.75, 3.05) is 16.8 Å². The number of aromatic nitrogens is 2. The van der Waals surface area contributed by atoms with Crippen molar-refractivity contribution in [1.29, 1.82) is 0 Å². The highest BCUT2D eigenvalue weighted by Crippen LogP contribution is 2.24. The molecule has 0 saturated heterocycles. The molecule has 0 radical (unpaired) electrons. The summed E-state index contributed by atoms with van der Waals surface area (Å²) in [6, 6.07) is 14.0. The van der Waals surface area contributed by atoms with Gasteiger partial charge in [0, 0.05) is 22.5 Å². The van der Waals surface area contributed by atoms with Crippen LogP contribution in [0.2, 0.25) is 5.02 Å². The minimum atomic E-state index is -0.458. The molecular formula is C20H19ClN4O2S. The molecule has 3 N–H and O–H groups in total. The second-order valence-electron chi connectivity index (χ2n) is 6.27. The number of benzene rings is 2. The van der Waals surface area contributed by atoms with E-state index in [9.17, 15) is 9.59 Å². The average Bonchev–Trinajstić information content (AvgIpc) is 2.63. The molecule has 3 aromatic rings. The summed E-state index contributed by atoms with van der Waals surface area (Å²) in [6.07, 6.45) is 0. The maximum atomic E-state index is 12.4. The fraction of sp³-hybridized carbons (Fsp3) is 0.150. The van der Waals surface area contributed by atoms with Crippen molar-refractivity contribution in [3.05, 3.63) is 75.0 Å². The number of nitrogens with one attached hydrogen (secondary N) is 1. The number of hydrogen-bond donors (Lipinski definition) is 2. The van der Waals surface area contributed by atoms with E-state index in [2.05, 4.69) is 10.3 Å². The molecule has 0 bridgehead atoms. The number of thioether (sulfide) groups is 1. The quantitative estimate of drug-likeness (QED) is 0.489. The Morgan fingerprint density at radius 3 is 2.57 bits per heavy atom. The fourth-order valence-corrected chi connectivity index (χ4v) is 3.65. The molecule has 0 atom stereocenters. The van der Waals surface area contributed by atoms with Crippen LogP contribution in [0, 0.1) is 13.8 Å². The molecule has 0 aliphatic carbocycles. The Labute approximate surface area is 171 Å². The van der Waals surface area contributed by atoms with E-state index in [0.29, 0.717) is 15.9 Å². The summed E-state index contributed by atoms with van der Waals surface area (Å²) >= 11 is 7.08. The van der Waals surface area contributed by atoms with Gasteiger partial charge in [-0.1, -0.05) is 41.1 Å². The third-order valence-corrected chi connectivity index (χ3v) is 5.19. The second-order valence-corrected chi connectivity index (χ2v) is 7.65. The lowest BCUT2D eigenvalue weighted by molar-refractivity contribution is -0.113. The zero-order valence-corrected chi connectivity index (χ0v) is 17.0. The van der Waals surface area contributed by atoms with Gasteiger partial charge < -0.3 is 11.1 Å². The highest BCUT2D eigenvalue weighted by molar-refractivity contribution is 7.99. The molecule has 1 amide bonds. The Morgan fingerprint density at radius 1 is 1.18 bits per heavy atom. The third-order valence-electron chi connectivity index (χ3n) is 4.00. The van der Waals surface area contributed by atoms with Gasteiger partial charge in [-0.25, -0.2) is 0 Å². The van der Waals surface area contributed by atoms with Crippen molar-refractivity contribution in [2.24, 2.45) is 0 Å². The summed E-state index contributed by atoms with van der Waals surface area (Å²) in [4.78, 5) is 28.2. The number of rotatable bonds is 5. The molecule has 1 heterocycles. The van der Waals surface area contributed by atoms with Crippen LogP contribution in [0.3, 0.4) is 0 Å². The van der Waals surface area contributed by atoms with Crippen LogP contribution in [0.25, 0.3) is 5.69 Å². The van der Waals surface area contributed by atoms with Gasteiger partial charge in [0.15, 0.2) is 5.16 Å². The van der Waals surface area contributed by atoms with Gasteiger partial charge in [0.1, 0.15) is 5.82 Å². The van der Waals surface area contributed by atoms with Gasteiger partial charge >= 0.3 is 0 Å². The molecule has 0 spiro atoms. The molecule has 0 unspecified atom stereocenters. The Balaban J connectivity index is 1.81. The van der Waals surface area contributed by atoms with Crippen molar-refractivity contribution < 1.29 is 4.79 Å². The van der Waals surface area contributed by atoms with Gasteiger partial charge in [-0.15, -0.1) is 0 Å². The number of anilines is 2. The van der Waals surface area contributed by atoms with Crippen molar-refractivity contribution in [3.8, 4) is 5.69 Å². The van der Waals surface area contributed by atoms with E-state index in [0.717, 1.165) is 28.6 Å². The highest BCUT2D eigenvalue weighted by atomic mass is 35.5. The van der Waals surface area contributed by atoms with Gasteiger partial charge in [0.05, 0.1) is 5.75 Å². The molecule has 28 heavy (non-hydrogen) atoms. The monoisotopic (exact) mass is 414 g/mol. The Bertz CT molecular complexity index is 1080. The minimum absolute atomic E-state index is 0.0802. The number of halogens is 1. The van der Waals surface area contributed by atoms with E-state index in [4.69, 9.17) is 17.3 Å². The maximum absolute atomic E-state index is 12.4. The Hall–Kier alpha value is -2.77. The number of nitrogens with zero attached hydrogens (tertiary/aromatic N) is 2. The number of carbonyl (C=O) groups is 1. The SMILES string of the molecule is Cc1ccc(NC(=O)CSc2nc(=O)cc(N)n2-c2ccc(Cl)cc2)c(C)c1. The fourth-order valence-electron chi connectivity index (χ4n) is 2.69. The standard InChI is InChI=1S/C20H19ClN4O2S/c1-12-3-8-16(13(2)9-12)23-19(27)11-28-20-24-18(26)10-17(22)25(20)15-6-4-14(21)5-7-15/h3-10H,11,22H2,1-2H3,(H,23,27). The summed E-state index contributed by atoms with van der Waals surface area (Å²) in [7, 11) is 0. The van der Waals surface area contributed by atoms with Gasteiger partial charge in [0.2, 0.25) is 5.91 Å². The van der Waals surface area contributed by atoms with Gasteiger partial charge in [-0.2, -0.15) is 4.98 Å². The van der Waals surface area contributed by atoms with Crippen LogP contribution in [0.1, 0.15) is 11.1 Å². The number of nitrogen functional groups attached to an aromatic ring is 1. The lowest BCUT2D eigenvalue weighted by Crippen LogP contribution is -2.19. The molecule has 6 nitrogen and oxygen atoms in total. The summed E-state index contributed by atoms with van der Waals surface area (Å²) < 4.78 is 1.62. The molecule has 8 heteroatoms. The number of nitrogens with two attached hydrogens (primary N) is 1. The first-order valence-corrected chi connectivity index (χ1v) is 9.85. The normalized spacial score (nSPS) is 10.7. The summed E-state index contributed by atoms with van der Waals surface area (Å²) in [5.41, 5.74) is 9.14. The lowest BCUT2D eigenvalue weighted by atomic mass is 10.1. The predicted molar refractivity (Wildman–Crippen MR) is 115 cm³/mol. The molecule has 0 aliphatic rings. The summed E-state index contributed by atoms with van der Waals surface area (Å²) in [6.45, 7) is 3.93. The van der Waals surface area contributed by atoms with E-state index in [1.165, 1.54) is 6.07 Å². The predicted octanol–water partition coefficient (Wildman–Crippen LogP) is 3.82. The van der Waals surface area contributed by atoms with Crippen molar-refractivity contribution in [1.82, 2.24) is 9.55 Å². The maximum Gasteiger partial charge on any atom is 0.275 e. The smallest absolute Gasteiger partial charge is 0.275 e. The molecule has 0 saturated carbocycles. The summed E-state index contributed by atoms with van der Waals surface area (Å²) in [5, 5.41) is 3.80. The highest BCUT2D eigenvalue weighted by Gasteiger charge is 2.13. The van der Waals surface area contributed by atoms with E-state index in [-0.39, 0.29) is 17.5 Å². The Kier molecular flexibility index (Phi) is 6.06. The molecule has 0 aliphatic heterocycles. The van der Waals surface area contributed by atoms with Crippen molar-refractivity contribution in [3.63, 3.8) is 0 Å². The van der Waals surface area contributed by atoms with Crippen molar-refractivity contribution >= 4 is 40.8 Å². The van der Waals surface area contributed by atoms with Crippen molar-refractivity contribution in [2.45, 2.75) is 19.0 Å². The van der Waals surface area contributed by atoms with Crippen LogP contribution in [-0.4, -0.2) is 21.2 Å². The largest absolute Gasteiger partial charge is 0.385 e. The molecular weight excluding hydrogens is 396 g/mol. The first-order valence-electron chi connectivity index (χ1n) is 8.49. The molecule has 144 valence electrons. The van der Waals surface area contributed by atoms with Crippen LogP contribution in [-0.2, 0) is 4.79 Å². The zero-order valence-electron chi connectivity index (χ0n) is 15.4. The van der Waals surface area contributed by atoms with Gasteiger partial charge in [-0.3, -0.25) is 14.2 Å². The van der Waals surface area contributed by atoms with Gasteiger partial charge in [-0.05, 0) is 49.7 Å². The first-order chi connectivity index (χ1) is 13.3. The van der Waals surface area contributed by atoms with Crippen LogP contribution in [0.5, 0.6) is 0 Å². The number of aryl methyl sites for hydroxylation is 2. The van der Waals surface area contributed by atoms with E-state index >= 15 is 0 Å². The van der Waals surface area contributed by atoms with E-state index < -0.39 is 5.56 Å². The first kappa shape index (κ1) is 20.0. The molecule has 0 fully saturated rings. The molecule has 3 rings (SSSR count). The van der Waals surface area contributed by atoms with Crippen LogP contribution >= 0.6 is 23.4 Å². The summed E-state index contributed by atoms with van der Waals surface area (Å²) in [5.74, 6) is 0.118. The molecule has 2 aromatic carbocycles. The minimum Gasteiger partial charge on any atom is -0.385 e. The van der Waals surface area contributed by atoms with E-state index in [1.807, 2.05) is 32.0 Å². The van der Waals surface area contributed by atoms with Crippen LogP contribution in [0.4, 0.5) is 11.5 Å². The van der Waals surface area contributed by atoms with Crippen LogP contribution < -0.4 is 16.6 Å². The number of hydrogen-bond acceptors (Lipinski definition) is 5. The molecule has 1 aromatic heterocycles. The Morgan fingerprint density at radius 2 is 1.89 bits per heavy atom. The lowest BCUT2D eigenvalue weighted by Gasteiger charge is -2.15. The zero-order chi connectivity index (χ0) is 20.3. The number of carbonyl (C=O) groups excluding carboxylic acids is 1. The third kappa shape index (κ3) is 4.74.